The number of hydrogen-bond acceptors (Lipinski definition) is 3. The van der Waals surface area contributed by atoms with E-state index >= 15 is 0 Å². The predicted molar refractivity (Wildman–Crippen MR) is 84.8 cm³/mol. The molecule has 2 aromatic rings. The van der Waals surface area contributed by atoms with Gasteiger partial charge in [-0.3, -0.25) is 0 Å². The number of nitrogens with two attached hydrogens (primary N) is 1. The Hall–Kier alpha value is -1.49. The molecular weight excluding hydrogens is 314 g/mol. The Morgan fingerprint density at radius 3 is 2.43 bits per heavy atom. The van der Waals surface area contributed by atoms with Crippen LogP contribution in [0.25, 0.3) is 0 Å². The zero-order valence-corrected chi connectivity index (χ0v) is 12.9. The first-order valence-electron chi connectivity index (χ1n) is 6.29. The topological polar surface area (TPSA) is 47.3 Å². The van der Waals surface area contributed by atoms with Crippen LogP contribution in [0.2, 0.25) is 10.0 Å². The molecule has 112 valence electrons. The number of benzene rings is 2. The Morgan fingerprint density at radius 2 is 1.86 bits per heavy atom. The Balaban J connectivity index is 2.30. The highest BCUT2D eigenvalue weighted by Gasteiger charge is 2.14. The van der Waals surface area contributed by atoms with Crippen LogP contribution in [0.5, 0.6) is 5.75 Å². The van der Waals surface area contributed by atoms with Crippen LogP contribution >= 0.6 is 23.2 Å². The van der Waals surface area contributed by atoms with Gasteiger partial charge in [-0.05, 0) is 35.9 Å². The average molecular weight is 329 g/mol. The lowest BCUT2D eigenvalue weighted by atomic mass is 10.1. The molecule has 0 radical (unpaired) electrons. The van der Waals surface area contributed by atoms with Crippen LogP contribution < -0.4 is 15.8 Å². The minimum atomic E-state index is -0.387. The van der Waals surface area contributed by atoms with Crippen molar-refractivity contribution in [1.82, 2.24) is 0 Å². The van der Waals surface area contributed by atoms with Gasteiger partial charge in [-0.15, -0.1) is 0 Å². The molecule has 1 unspecified atom stereocenters. The Bertz CT molecular complexity index is 617. The quantitative estimate of drug-likeness (QED) is 0.862. The van der Waals surface area contributed by atoms with Gasteiger partial charge in [0.2, 0.25) is 0 Å². The second-order valence-electron chi connectivity index (χ2n) is 4.48. The summed E-state index contributed by atoms with van der Waals surface area (Å²) in [4.78, 5) is 0. The van der Waals surface area contributed by atoms with Gasteiger partial charge in [0, 0.05) is 22.7 Å². The normalized spacial score (nSPS) is 12.0. The predicted octanol–water partition coefficient (Wildman–Crippen LogP) is 4.25. The van der Waals surface area contributed by atoms with Gasteiger partial charge in [0.05, 0.1) is 18.8 Å². The van der Waals surface area contributed by atoms with Crippen LogP contribution in [0.15, 0.2) is 36.4 Å². The van der Waals surface area contributed by atoms with Gasteiger partial charge in [-0.2, -0.15) is 0 Å². The third-order valence-electron chi connectivity index (χ3n) is 3.03. The average Bonchev–Trinajstić information content (AvgIpc) is 2.45. The first-order chi connectivity index (χ1) is 10.0. The molecule has 6 heteroatoms. The van der Waals surface area contributed by atoms with Crippen LogP contribution in [0.1, 0.15) is 11.6 Å². The van der Waals surface area contributed by atoms with E-state index in [0.29, 0.717) is 21.5 Å². The minimum absolute atomic E-state index is 0.257. The highest BCUT2D eigenvalue weighted by atomic mass is 35.5. The van der Waals surface area contributed by atoms with Gasteiger partial charge >= 0.3 is 0 Å². The van der Waals surface area contributed by atoms with Crippen molar-refractivity contribution in [2.45, 2.75) is 6.04 Å². The first kappa shape index (κ1) is 15.9. The lowest BCUT2D eigenvalue weighted by Gasteiger charge is -2.20. The summed E-state index contributed by atoms with van der Waals surface area (Å²) in [5, 5.41) is 4.05. The summed E-state index contributed by atoms with van der Waals surface area (Å²) in [6.45, 7) is 0.257. The van der Waals surface area contributed by atoms with Crippen molar-refractivity contribution in [3.63, 3.8) is 0 Å². The third-order valence-corrected chi connectivity index (χ3v) is 3.46. The zero-order chi connectivity index (χ0) is 15.4. The third kappa shape index (κ3) is 4.00. The molecule has 0 amide bonds. The van der Waals surface area contributed by atoms with Crippen molar-refractivity contribution in [3.8, 4) is 5.75 Å². The molecule has 0 aliphatic carbocycles. The summed E-state index contributed by atoms with van der Waals surface area (Å²) in [6, 6.07) is 9.26. The molecular formula is C15H15Cl2FN2O. The van der Waals surface area contributed by atoms with Crippen molar-refractivity contribution >= 4 is 28.9 Å². The summed E-state index contributed by atoms with van der Waals surface area (Å²) in [6.07, 6.45) is 0. The molecule has 0 bridgehead atoms. The standard InChI is InChI=1S/C15H15Cl2FN2O/c1-21-12-2-3-13(18)14(7-12)20-15(8-19)9-4-10(16)6-11(17)5-9/h2-7,15,20H,8,19H2,1H3. The number of methoxy groups -OCH3 is 1. The zero-order valence-electron chi connectivity index (χ0n) is 11.4. The number of halogens is 3. The summed E-state index contributed by atoms with van der Waals surface area (Å²) >= 11 is 12.0. The summed E-state index contributed by atoms with van der Waals surface area (Å²) in [5.41, 5.74) is 6.87. The smallest absolute Gasteiger partial charge is 0.146 e. The molecule has 0 fully saturated rings. The van der Waals surface area contributed by atoms with Gasteiger partial charge in [-0.25, -0.2) is 4.39 Å². The van der Waals surface area contributed by atoms with E-state index in [1.165, 1.54) is 13.2 Å². The maximum absolute atomic E-state index is 13.9. The van der Waals surface area contributed by atoms with Crippen molar-refractivity contribution in [3.05, 3.63) is 57.8 Å². The van der Waals surface area contributed by atoms with E-state index in [1.807, 2.05) is 0 Å². The maximum Gasteiger partial charge on any atom is 0.146 e. The molecule has 0 spiro atoms. The highest BCUT2D eigenvalue weighted by Crippen LogP contribution is 2.28. The summed E-state index contributed by atoms with van der Waals surface area (Å²) in [7, 11) is 1.52. The summed E-state index contributed by atoms with van der Waals surface area (Å²) in [5.74, 6) is 0.168. The van der Waals surface area contributed by atoms with Gasteiger partial charge in [0.25, 0.3) is 0 Å². The fraction of sp³-hybridized carbons (Fsp3) is 0.200. The van der Waals surface area contributed by atoms with E-state index in [1.54, 1.807) is 30.3 Å². The Morgan fingerprint density at radius 1 is 1.19 bits per heavy atom. The molecule has 0 saturated carbocycles. The fourth-order valence-corrected chi connectivity index (χ4v) is 2.53. The van der Waals surface area contributed by atoms with E-state index < -0.39 is 0 Å². The molecule has 0 saturated heterocycles. The second-order valence-corrected chi connectivity index (χ2v) is 5.35. The van der Waals surface area contributed by atoms with Crippen molar-refractivity contribution < 1.29 is 9.13 Å². The van der Waals surface area contributed by atoms with Crippen molar-refractivity contribution in [2.75, 3.05) is 19.0 Å². The Kier molecular flexibility index (Phi) is 5.28. The van der Waals surface area contributed by atoms with Gasteiger partial charge in [0.1, 0.15) is 11.6 Å². The van der Waals surface area contributed by atoms with Crippen molar-refractivity contribution in [1.29, 1.82) is 0 Å². The molecule has 2 rings (SSSR count). The number of ether oxygens (including phenoxy) is 1. The van der Waals surface area contributed by atoms with E-state index in [-0.39, 0.29) is 18.4 Å². The molecule has 3 N–H and O–H groups in total. The highest BCUT2D eigenvalue weighted by molar-refractivity contribution is 6.34. The van der Waals surface area contributed by atoms with Gasteiger partial charge in [0.15, 0.2) is 0 Å². The van der Waals surface area contributed by atoms with Crippen LogP contribution in [-0.4, -0.2) is 13.7 Å². The molecule has 21 heavy (non-hydrogen) atoms. The van der Waals surface area contributed by atoms with E-state index in [9.17, 15) is 4.39 Å². The van der Waals surface area contributed by atoms with E-state index in [2.05, 4.69) is 5.32 Å². The van der Waals surface area contributed by atoms with Crippen LogP contribution in [0.4, 0.5) is 10.1 Å². The number of hydrogen-bond donors (Lipinski definition) is 2. The first-order valence-corrected chi connectivity index (χ1v) is 7.05. The fourth-order valence-electron chi connectivity index (χ4n) is 1.98. The Labute approximate surface area is 132 Å². The molecule has 0 aliphatic rings. The number of nitrogens with one attached hydrogen (secondary N) is 1. The van der Waals surface area contributed by atoms with Crippen LogP contribution in [0, 0.1) is 5.82 Å². The minimum Gasteiger partial charge on any atom is -0.497 e. The number of anilines is 1. The summed E-state index contributed by atoms with van der Waals surface area (Å²) < 4.78 is 19.0. The lowest BCUT2D eigenvalue weighted by molar-refractivity contribution is 0.414. The van der Waals surface area contributed by atoms with Crippen LogP contribution in [-0.2, 0) is 0 Å². The van der Waals surface area contributed by atoms with Crippen molar-refractivity contribution in [2.24, 2.45) is 5.73 Å². The number of rotatable bonds is 5. The largest absolute Gasteiger partial charge is 0.497 e. The van der Waals surface area contributed by atoms with Gasteiger partial charge < -0.3 is 15.8 Å². The molecule has 0 aromatic heterocycles. The maximum atomic E-state index is 13.9. The van der Waals surface area contributed by atoms with E-state index in [0.717, 1.165) is 5.56 Å². The molecule has 2 aromatic carbocycles. The van der Waals surface area contributed by atoms with E-state index in [4.69, 9.17) is 33.7 Å². The SMILES string of the molecule is COc1ccc(F)c(NC(CN)c2cc(Cl)cc(Cl)c2)c1. The monoisotopic (exact) mass is 328 g/mol. The molecule has 0 heterocycles. The van der Waals surface area contributed by atoms with Gasteiger partial charge in [-0.1, -0.05) is 23.2 Å². The van der Waals surface area contributed by atoms with Crippen LogP contribution in [0.3, 0.4) is 0 Å². The molecule has 0 aliphatic heterocycles. The molecule has 3 nitrogen and oxygen atoms in total. The second kappa shape index (κ2) is 6.98. The molecule has 1 atom stereocenters. The lowest BCUT2D eigenvalue weighted by Crippen LogP contribution is -2.21.